The van der Waals surface area contributed by atoms with Crippen molar-refractivity contribution in [1.29, 1.82) is 0 Å². The summed E-state index contributed by atoms with van der Waals surface area (Å²) in [4.78, 5) is 14.2. The molecule has 1 amide bonds. The topological polar surface area (TPSA) is 64.2 Å². The number of nitrogens with two attached hydrogens (primary N) is 1. The Balaban J connectivity index is 2.44. The number of nitrogens with zero attached hydrogens (tertiary/aromatic N) is 3. The molecule has 1 aromatic heterocycles. The highest BCUT2D eigenvalue weighted by atomic mass is 19.1. The van der Waals surface area contributed by atoms with E-state index in [0.717, 1.165) is 0 Å². The van der Waals surface area contributed by atoms with Gasteiger partial charge in [0.25, 0.3) is 5.91 Å². The van der Waals surface area contributed by atoms with Gasteiger partial charge in [-0.25, -0.2) is 4.39 Å². The van der Waals surface area contributed by atoms with E-state index in [0.29, 0.717) is 35.7 Å². The Kier molecular flexibility index (Phi) is 4.26. The molecule has 0 radical (unpaired) electrons. The summed E-state index contributed by atoms with van der Waals surface area (Å²) in [6.45, 7) is 4.17. The smallest absolute Gasteiger partial charge is 0.278 e. The molecule has 21 heavy (non-hydrogen) atoms. The lowest BCUT2D eigenvalue weighted by Crippen LogP contribution is -2.32. The van der Waals surface area contributed by atoms with Crippen LogP contribution >= 0.6 is 0 Å². The zero-order valence-corrected chi connectivity index (χ0v) is 12.4. The van der Waals surface area contributed by atoms with Gasteiger partial charge < -0.3 is 10.6 Å². The minimum absolute atomic E-state index is 0.282. The highest BCUT2D eigenvalue weighted by molar-refractivity contribution is 6.08. The van der Waals surface area contributed by atoms with E-state index in [1.54, 1.807) is 19.2 Å². The number of benzene rings is 1. The minimum Gasteiger partial charge on any atom is -0.395 e. The molecule has 0 fully saturated rings. The number of nitrogen functional groups attached to an aromatic ring is 1. The molecular formula is C15H19FN4O. The van der Waals surface area contributed by atoms with Gasteiger partial charge in [0.1, 0.15) is 11.5 Å². The standard InChI is InChI=1S/C15H19FN4O/c1-4-12-13(17)14(19(3)18-12)15(21)20(5-2)11-8-6-7-10(16)9-11/h6-9H,4-5,17H2,1-3H3. The zero-order valence-electron chi connectivity index (χ0n) is 12.4. The second kappa shape index (κ2) is 5.95. The molecule has 2 rings (SSSR count). The number of rotatable bonds is 4. The van der Waals surface area contributed by atoms with Crippen molar-refractivity contribution in [2.24, 2.45) is 7.05 Å². The summed E-state index contributed by atoms with van der Waals surface area (Å²) in [5.41, 5.74) is 7.92. The van der Waals surface area contributed by atoms with E-state index in [1.807, 2.05) is 13.8 Å². The molecule has 0 saturated heterocycles. The van der Waals surface area contributed by atoms with Gasteiger partial charge in [-0.2, -0.15) is 5.10 Å². The second-order valence-corrected chi connectivity index (χ2v) is 4.72. The van der Waals surface area contributed by atoms with Gasteiger partial charge in [0.15, 0.2) is 0 Å². The summed E-state index contributed by atoms with van der Waals surface area (Å²) in [6, 6.07) is 5.94. The molecular weight excluding hydrogens is 271 g/mol. The summed E-state index contributed by atoms with van der Waals surface area (Å²) < 4.78 is 14.9. The zero-order chi connectivity index (χ0) is 15.6. The van der Waals surface area contributed by atoms with E-state index >= 15 is 0 Å². The van der Waals surface area contributed by atoms with Crippen molar-refractivity contribution >= 4 is 17.3 Å². The molecule has 1 aromatic carbocycles. The maximum absolute atomic E-state index is 13.4. The summed E-state index contributed by atoms with van der Waals surface area (Å²) in [5.74, 6) is -0.665. The van der Waals surface area contributed by atoms with Gasteiger partial charge in [0.2, 0.25) is 0 Å². The molecule has 2 aromatic rings. The highest BCUT2D eigenvalue weighted by Gasteiger charge is 2.24. The fourth-order valence-corrected chi connectivity index (χ4v) is 2.33. The molecule has 0 aliphatic rings. The molecule has 0 bridgehead atoms. The van der Waals surface area contributed by atoms with Crippen LogP contribution in [0, 0.1) is 5.82 Å². The van der Waals surface area contributed by atoms with Crippen LogP contribution in [-0.2, 0) is 13.5 Å². The molecule has 0 aliphatic heterocycles. The Bertz CT molecular complexity index is 666. The summed E-state index contributed by atoms with van der Waals surface area (Å²) in [6.07, 6.45) is 0.652. The maximum Gasteiger partial charge on any atom is 0.278 e. The van der Waals surface area contributed by atoms with Gasteiger partial charge in [0.05, 0.1) is 11.4 Å². The first kappa shape index (κ1) is 15.0. The third-order valence-corrected chi connectivity index (χ3v) is 3.38. The average Bonchev–Trinajstić information content (AvgIpc) is 2.74. The van der Waals surface area contributed by atoms with Crippen molar-refractivity contribution in [2.45, 2.75) is 20.3 Å². The van der Waals surface area contributed by atoms with Crippen LogP contribution < -0.4 is 10.6 Å². The van der Waals surface area contributed by atoms with Crippen LogP contribution in [0.3, 0.4) is 0 Å². The second-order valence-electron chi connectivity index (χ2n) is 4.72. The Hall–Kier alpha value is -2.37. The van der Waals surface area contributed by atoms with E-state index in [4.69, 9.17) is 5.73 Å². The van der Waals surface area contributed by atoms with E-state index in [-0.39, 0.29) is 11.7 Å². The number of amides is 1. The van der Waals surface area contributed by atoms with E-state index in [2.05, 4.69) is 5.10 Å². The molecule has 1 heterocycles. The van der Waals surface area contributed by atoms with Crippen LogP contribution in [-0.4, -0.2) is 22.2 Å². The third-order valence-electron chi connectivity index (χ3n) is 3.38. The SMILES string of the molecule is CCc1nn(C)c(C(=O)N(CC)c2cccc(F)c2)c1N. The van der Waals surface area contributed by atoms with Gasteiger partial charge in [-0.05, 0) is 31.5 Å². The summed E-state index contributed by atoms with van der Waals surface area (Å²) >= 11 is 0. The van der Waals surface area contributed by atoms with E-state index in [1.165, 1.54) is 21.7 Å². The summed E-state index contributed by atoms with van der Waals surface area (Å²) in [7, 11) is 1.68. The van der Waals surface area contributed by atoms with E-state index < -0.39 is 0 Å². The predicted octanol–water partition coefficient (Wildman–Crippen LogP) is 2.37. The molecule has 5 nitrogen and oxygen atoms in total. The van der Waals surface area contributed by atoms with Crippen molar-refractivity contribution in [3.63, 3.8) is 0 Å². The fraction of sp³-hybridized carbons (Fsp3) is 0.333. The molecule has 0 spiro atoms. The quantitative estimate of drug-likeness (QED) is 0.940. The Labute approximate surface area is 123 Å². The van der Waals surface area contributed by atoms with Gasteiger partial charge >= 0.3 is 0 Å². The van der Waals surface area contributed by atoms with E-state index in [9.17, 15) is 9.18 Å². The number of hydrogen-bond acceptors (Lipinski definition) is 3. The lowest BCUT2D eigenvalue weighted by molar-refractivity contribution is 0.0980. The van der Waals surface area contributed by atoms with Crippen molar-refractivity contribution in [3.8, 4) is 0 Å². The molecule has 112 valence electrons. The van der Waals surface area contributed by atoms with Gasteiger partial charge in [-0.15, -0.1) is 0 Å². The van der Waals surface area contributed by atoms with Crippen molar-refractivity contribution < 1.29 is 9.18 Å². The molecule has 0 saturated carbocycles. The van der Waals surface area contributed by atoms with Crippen LogP contribution in [0.2, 0.25) is 0 Å². The number of aryl methyl sites for hydroxylation is 2. The minimum atomic E-state index is -0.383. The van der Waals surface area contributed by atoms with Crippen molar-refractivity contribution in [1.82, 2.24) is 9.78 Å². The van der Waals surface area contributed by atoms with Crippen LogP contribution in [0.1, 0.15) is 30.0 Å². The first-order valence-electron chi connectivity index (χ1n) is 6.88. The Morgan fingerprint density at radius 3 is 2.67 bits per heavy atom. The average molecular weight is 290 g/mol. The van der Waals surface area contributed by atoms with Gasteiger partial charge in [0, 0.05) is 19.3 Å². The predicted molar refractivity (Wildman–Crippen MR) is 80.7 cm³/mol. The monoisotopic (exact) mass is 290 g/mol. The Morgan fingerprint density at radius 2 is 2.14 bits per heavy atom. The number of halogens is 1. The van der Waals surface area contributed by atoms with Gasteiger partial charge in [-0.1, -0.05) is 13.0 Å². The fourth-order valence-electron chi connectivity index (χ4n) is 2.33. The molecule has 2 N–H and O–H groups in total. The Morgan fingerprint density at radius 1 is 1.43 bits per heavy atom. The molecule has 0 aliphatic carbocycles. The normalized spacial score (nSPS) is 10.7. The largest absolute Gasteiger partial charge is 0.395 e. The summed E-state index contributed by atoms with van der Waals surface area (Å²) in [5, 5.41) is 4.25. The maximum atomic E-state index is 13.4. The van der Waals surface area contributed by atoms with Crippen molar-refractivity contribution in [3.05, 3.63) is 41.5 Å². The van der Waals surface area contributed by atoms with Crippen LogP contribution in [0.5, 0.6) is 0 Å². The first-order chi connectivity index (χ1) is 9.99. The number of carbonyl (C=O) groups is 1. The van der Waals surface area contributed by atoms with Crippen LogP contribution in [0.15, 0.2) is 24.3 Å². The molecule has 6 heteroatoms. The number of anilines is 2. The number of hydrogen-bond donors (Lipinski definition) is 1. The lowest BCUT2D eigenvalue weighted by Gasteiger charge is -2.21. The molecule has 0 atom stereocenters. The third kappa shape index (κ3) is 2.74. The molecule has 0 unspecified atom stereocenters. The first-order valence-corrected chi connectivity index (χ1v) is 6.88. The highest BCUT2D eigenvalue weighted by Crippen LogP contribution is 2.23. The van der Waals surface area contributed by atoms with Crippen LogP contribution in [0.4, 0.5) is 15.8 Å². The van der Waals surface area contributed by atoms with Crippen molar-refractivity contribution in [2.75, 3.05) is 17.2 Å². The number of carbonyl (C=O) groups excluding carboxylic acids is 1. The van der Waals surface area contributed by atoms with Crippen LogP contribution in [0.25, 0.3) is 0 Å². The lowest BCUT2D eigenvalue weighted by atomic mass is 10.2. The van der Waals surface area contributed by atoms with Gasteiger partial charge in [-0.3, -0.25) is 9.48 Å². The number of aromatic nitrogens is 2.